The first-order valence-corrected chi connectivity index (χ1v) is 11.2. The second-order valence-corrected chi connectivity index (χ2v) is 8.23. The maximum atomic E-state index is 12.7. The van der Waals surface area contributed by atoms with Gasteiger partial charge in [0, 0.05) is 65.3 Å². The first-order valence-electron chi connectivity index (χ1n) is 11.2. The van der Waals surface area contributed by atoms with Crippen LogP contribution >= 0.6 is 0 Å². The molecule has 1 N–H and O–H groups in total. The van der Waals surface area contributed by atoms with Gasteiger partial charge in [0.05, 0.1) is 18.1 Å². The Morgan fingerprint density at radius 2 is 1.84 bits per heavy atom. The Labute approximate surface area is 184 Å². The number of amides is 1. The molecule has 166 valence electrons. The summed E-state index contributed by atoms with van der Waals surface area (Å²) >= 11 is 0. The van der Waals surface area contributed by atoms with Crippen molar-refractivity contribution >= 4 is 11.9 Å². The number of nitrogens with one attached hydrogen (secondary N) is 1. The Kier molecular flexibility index (Phi) is 6.86. The molecule has 0 aliphatic carbocycles. The van der Waals surface area contributed by atoms with Gasteiger partial charge in [-0.15, -0.1) is 0 Å². The Morgan fingerprint density at radius 1 is 1.10 bits per heavy atom. The lowest BCUT2D eigenvalue weighted by molar-refractivity contribution is -0.135. The lowest BCUT2D eigenvalue weighted by atomic mass is 10.1. The SMILES string of the molecule is CN=C(NCc1ccccc1-n1ccnc1)N1CCN(C(C)C(=O)N2CCCC2)CC1. The van der Waals surface area contributed by atoms with Crippen LogP contribution in [-0.4, -0.2) is 88.5 Å². The highest BCUT2D eigenvalue weighted by Crippen LogP contribution is 2.16. The second-order valence-electron chi connectivity index (χ2n) is 8.23. The van der Waals surface area contributed by atoms with Gasteiger partial charge in [-0.05, 0) is 31.4 Å². The number of hydrogen-bond acceptors (Lipinski definition) is 4. The topological polar surface area (TPSA) is 69.0 Å². The minimum Gasteiger partial charge on any atom is -0.352 e. The molecule has 3 heterocycles. The normalized spacial score (nSPS) is 19.0. The Morgan fingerprint density at radius 3 is 2.52 bits per heavy atom. The Bertz CT molecular complexity index is 881. The molecule has 8 heteroatoms. The lowest BCUT2D eigenvalue weighted by Gasteiger charge is -2.39. The molecule has 1 unspecified atom stereocenters. The van der Waals surface area contributed by atoms with Crippen molar-refractivity contribution in [2.24, 2.45) is 4.99 Å². The smallest absolute Gasteiger partial charge is 0.239 e. The third-order valence-electron chi connectivity index (χ3n) is 6.36. The van der Waals surface area contributed by atoms with Crippen LogP contribution in [0.5, 0.6) is 0 Å². The van der Waals surface area contributed by atoms with E-state index in [1.165, 1.54) is 5.56 Å². The number of rotatable bonds is 5. The molecule has 2 fully saturated rings. The molecule has 1 amide bonds. The molecule has 2 saturated heterocycles. The number of likely N-dealkylation sites (tertiary alicyclic amines) is 1. The molecule has 0 bridgehead atoms. The fourth-order valence-electron chi connectivity index (χ4n) is 4.50. The number of guanidine groups is 1. The molecular weight excluding hydrogens is 390 g/mol. The maximum absolute atomic E-state index is 12.7. The number of benzene rings is 1. The molecule has 1 aromatic carbocycles. The van der Waals surface area contributed by atoms with Gasteiger partial charge >= 0.3 is 0 Å². The summed E-state index contributed by atoms with van der Waals surface area (Å²) in [4.78, 5) is 28.0. The number of carbonyl (C=O) groups excluding carboxylic acids is 1. The summed E-state index contributed by atoms with van der Waals surface area (Å²) in [5.74, 6) is 1.18. The van der Waals surface area contributed by atoms with Gasteiger partial charge in [0.15, 0.2) is 5.96 Å². The van der Waals surface area contributed by atoms with Gasteiger partial charge in [-0.1, -0.05) is 18.2 Å². The number of nitrogens with zero attached hydrogens (tertiary/aromatic N) is 6. The second kappa shape index (κ2) is 9.96. The van der Waals surface area contributed by atoms with Gasteiger partial charge in [-0.2, -0.15) is 0 Å². The van der Waals surface area contributed by atoms with Crippen LogP contribution in [0.15, 0.2) is 48.0 Å². The van der Waals surface area contributed by atoms with E-state index in [0.717, 1.165) is 63.8 Å². The van der Waals surface area contributed by atoms with Crippen LogP contribution in [0.4, 0.5) is 0 Å². The number of aromatic nitrogens is 2. The maximum Gasteiger partial charge on any atom is 0.239 e. The molecule has 8 nitrogen and oxygen atoms in total. The van der Waals surface area contributed by atoms with Crippen LogP contribution in [-0.2, 0) is 11.3 Å². The monoisotopic (exact) mass is 423 g/mol. The average molecular weight is 424 g/mol. The van der Waals surface area contributed by atoms with Crippen molar-refractivity contribution in [3.63, 3.8) is 0 Å². The van der Waals surface area contributed by atoms with Crippen LogP contribution in [0.3, 0.4) is 0 Å². The van der Waals surface area contributed by atoms with Crippen LogP contribution in [0.2, 0.25) is 0 Å². The molecule has 31 heavy (non-hydrogen) atoms. The Hall–Kier alpha value is -2.87. The molecule has 1 aromatic heterocycles. The van der Waals surface area contributed by atoms with Crippen molar-refractivity contribution in [1.29, 1.82) is 0 Å². The van der Waals surface area contributed by atoms with E-state index in [1.807, 2.05) is 35.1 Å². The van der Waals surface area contributed by atoms with Gasteiger partial charge in [-0.3, -0.25) is 14.7 Å². The zero-order valence-electron chi connectivity index (χ0n) is 18.6. The highest BCUT2D eigenvalue weighted by molar-refractivity contribution is 5.82. The summed E-state index contributed by atoms with van der Waals surface area (Å²) < 4.78 is 2.03. The number of piperazine rings is 1. The number of imidazole rings is 1. The van der Waals surface area contributed by atoms with E-state index in [-0.39, 0.29) is 11.9 Å². The summed E-state index contributed by atoms with van der Waals surface area (Å²) in [6.45, 7) is 8.03. The fourth-order valence-corrected chi connectivity index (χ4v) is 4.50. The van der Waals surface area contributed by atoms with Gasteiger partial charge in [0.25, 0.3) is 0 Å². The first kappa shape index (κ1) is 21.4. The number of hydrogen-bond donors (Lipinski definition) is 1. The van der Waals surface area contributed by atoms with E-state index in [2.05, 4.69) is 50.2 Å². The summed E-state index contributed by atoms with van der Waals surface area (Å²) in [7, 11) is 1.83. The van der Waals surface area contributed by atoms with Crippen molar-refractivity contribution in [2.75, 3.05) is 46.3 Å². The number of aliphatic imine (C=N–C) groups is 1. The molecule has 2 aliphatic rings. The molecule has 2 aliphatic heterocycles. The molecule has 4 rings (SSSR count). The summed E-state index contributed by atoms with van der Waals surface area (Å²) in [6, 6.07) is 8.27. The zero-order chi connectivity index (χ0) is 21.6. The predicted molar refractivity (Wildman–Crippen MR) is 122 cm³/mol. The highest BCUT2D eigenvalue weighted by atomic mass is 16.2. The largest absolute Gasteiger partial charge is 0.352 e. The quantitative estimate of drug-likeness (QED) is 0.584. The highest BCUT2D eigenvalue weighted by Gasteiger charge is 2.30. The van der Waals surface area contributed by atoms with Gasteiger partial charge in [0.1, 0.15) is 0 Å². The van der Waals surface area contributed by atoms with E-state index in [9.17, 15) is 4.79 Å². The molecule has 1 atom stereocenters. The lowest BCUT2D eigenvalue weighted by Crippen LogP contribution is -2.57. The van der Waals surface area contributed by atoms with Crippen molar-refractivity contribution < 1.29 is 4.79 Å². The minimum atomic E-state index is -0.0442. The molecule has 0 saturated carbocycles. The molecular formula is C23H33N7O. The minimum absolute atomic E-state index is 0.0442. The zero-order valence-corrected chi connectivity index (χ0v) is 18.6. The van der Waals surface area contributed by atoms with Gasteiger partial charge < -0.3 is 19.7 Å². The molecule has 0 spiro atoms. The van der Waals surface area contributed by atoms with E-state index >= 15 is 0 Å². The third-order valence-corrected chi connectivity index (χ3v) is 6.36. The van der Waals surface area contributed by atoms with Crippen LogP contribution in [0.25, 0.3) is 5.69 Å². The first-order chi connectivity index (χ1) is 15.2. The van der Waals surface area contributed by atoms with Crippen molar-refractivity contribution in [1.82, 2.24) is 29.6 Å². The standard InChI is InChI=1S/C23H33N7O/c1-19(22(31)28-10-5-6-11-28)27-13-15-29(16-14-27)23(24-2)26-17-20-7-3-4-8-21(20)30-12-9-25-18-30/h3-4,7-9,12,18-19H,5-6,10-11,13-17H2,1-2H3,(H,24,26). The fraction of sp³-hybridized carbons (Fsp3) is 0.522. The Balaban J connectivity index is 1.32. The van der Waals surface area contributed by atoms with E-state index < -0.39 is 0 Å². The van der Waals surface area contributed by atoms with Crippen molar-refractivity contribution in [2.45, 2.75) is 32.4 Å². The summed E-state index contributed by atoms with van der Waals surface area (Å²) in [5, 5.41) is 3.52. The molecule has 2 aromatic rings. The van der Waals surface area contributed by atoms with Crippen LogP contribution in [0.1, 0.15) is 25.3 Å². The number of para-hydroxylation sites is 1. The van der Waals surface area contributed by atoms with E-state index in [4.69, 9.17) is 0 Å². The number of carbonyl (C=O) groups is 1. The summed E-state index contributed by atoms with van der Waals surface area (Å²) in [6.07, 6.45) is 7.84. The summed E-state index contributed by atoms with van der Waals surface area (Å²) in [5.41, 5.74) is 2.30. The van der Waals surface area contributed by atoms with E-state index in [1.54, 1.807) is 6.20 Å². The molecule has 0 radical (unpaired) electrons. The van der Waals surface area contributed by atoms with Crippen LogP contribution < -0.4 is 5.32 Å². The van der Waals surface area contributed by atoms with Gasteiger partial charge in [-0.25, -0.2) is 4.98 Å². The van der Waals surface area contributed by atoms with Gasteiger partial charge in [0.2, 0.25) is 5.91 Å². The predicted octanol–water partition coefficient (Wildman–Crippen LogP) is 1.58. The van der Waals surface area contributed by atoms with Crippen molar-refractivity contribution in [3.05, 3.63) is 48.5 Å². The van der Waals surface area contributed by atoms with Crippen molar-refractivity contribution in [3.8, 4) is 5.69 Å². The third kappa shape index (κ3) is 4.90. The van der Waals surface area contributed by atoms with E-state index in [0.29, 0.717) is 6.54 Å². The average Bonchev–Trinajstić information content (AvgIpc) is 3.54. The van der Waals surface area contributed by atoms with Crippen LogP contribution in [0, 0.1) is 0 Å².